The molecular weight excluding hydrogens is 184 g/mol. The lowest BCUT2D eigenvalue weighted by atomic mass is 9.93. The first-order valence-corrected chi connectivity index (χ1v) is 6.37. The molecule has 1 aliphatic rings. The van der Waals surface area contributed by atoms with E-state index in [9.17, 15) is 0 Å². The molecule has 0 amide bonds. The van der Waals surface area contributed by atoms with Crippen molar-refractivity contribution in [3.8, 4) is 6.07 Å². The third-order valence-corrected chi connectivity index (χ3v) is 3.57. The van der Waals surface area contributed by atoms with Crippen LogP contribution in [0.4, 0.5) is 0 Å². The molecule has 1 saturated carbocycles. The van der Waals surface area contributed by atoms with Crippen molar-refractivity contribution in [2.45, 2.75) is 58.4 Å². The number of nitrogens with one attached hydrogen (secondary N) is 1. The Kier molecular flexibility index (Phi) is 5.71. The minimum atomic E-state index is 0.137. The maximum absolute atomic E-state index is 8.71. The van der Waals surface area contributed by atoms with E-state index in [-0.39, 0.29) is 5.92 Å². The van der Waals surface area contributed by atoms with Crippen LogP contribution in [0.2, 0.25) is 0 Å². The van der Waals surface area contributed by atoms with Gasteiger partial charge in [-0.2, -0.15) is 5.26 Å². The Morgan fingerprint density at radius 3 is 2.33 bits per heavy atom. The average molecular weight is 208 g/mol. The molecule has 1 rings (SSSR count). The van der Waals surface area contributed by atoms with Crippen LogP contribution in [0.15, 0.2) is 0 Å². The fraction of sp³-hybridized carbons (Fsp3) is 0.923. The van der Waals surface area contributed by atoms with Crippen molar-refractivity contribution in [2.24, 2.45) is 11.8 Å². The van der Waals surface area contributed by atoms with Gasteiger partial charge in [-0.25, -0.2) is 0 Å². The van der Waals surface area contributed by atoms with Gasteiger partial charge in [0, 0.05) is 12.6 Å². The molecule has 0 heterocycles. The minimum absolute atomic E-state index is 0.137. The fourth-order valence-corrected chi connectivity index (χ4v) is 2.39. The number of hydrogen-bond acceptors (Lipinski definition) is 2. The van der Waals surface area contributed by atoms with Crippen molar-refractivity contribution in [3.63, 3.8) is 0 Å². The van der Waals surface area contributed by atoms with E-state index in [1.165, 1.54) is 38.5 Å². The van der Waals surface area contributed by atoms with Crippen molar-refractivity contribution in [1.29, 1.82) is 5.26 Å². The van der Waals surface area contributed by atoms with Gasteiger partial charge in [-0.05, 0) is 32.6 Å². The van der Waals surface area contributed by atoms with Crippen LogP contribution < -0.4 is 5.32 Å². The van der Waals surface area contributed by atoms with Gasteiger partial charge >= 0.3 is 0 Å². The van der Waals surface area contributed by atoms with Gasteiger partial charge in [-0.15, -0.1) is 0 Å². The molecule has 0 aromatic rings. The van der Waals surface area contributed by atoms with Crippen LogP contribution in [0, 0.1) is 23.2 Å². The Morgan fingerprint density at radius 1 is 1.20 bits per heavy atom. The molecular formula is C13H24N2. The molecule has 0 radical (unpaired) electrons. The normalized spacial score (nSPS) is 22.7. The van der Waals surface area contributed by atoms with Crippen LogP contribution in [0.1, 0.15) is 52.4 Å². The highest BCUT2D eigenvalue weighted by Crippen LogP contribution is 2.25. The van der Waals surface area contributed by atoms with Crippen molar-refractivity contribution in [2.75, 3.05) is 6.54 Å². The van der Waals surface area contributed by atoms with E-state index < -0.39 is 0 Å². The van der Waals surface area contributed by atoms with Crippen molar-refractivity contribution in [1.82, 2.24) is 5.32 Å². The van der Waals surface area contributed by atoms with E-state index in [0.717, 1.165) is 12.5 Å². The SMILES string of the molecule is CC(C#N)CN[C@H](C)C1CCCCCC1. The molecule has 2 nitrogen and oxygen atoms in total. The monoisotopic (exact) mass is 208 g/mol. The Labute approximate surface area is 94.1 Å². The lowest BCUT2D eigenvalue weighted by molar-refractivity contribution is 0.332. The molecule has 2 heteroatoms. The highest BCUT2D eigenvalue weighted by Gasteiger charge is 2.18. The van der Waals surface area contributed by atoms with E-state index in [0.29, 0.717) is 6.04 Å². The predicted molar refractivity (Wildman–Crippen MR) is 63.4 cm³/mol. The van der Waals surface area contributed by atoms with E-state index in [2.05, 4.69) is 18.3 Å². The zero-order valence-corrected chi connectivity index (χ0v) is 10.1. The molecule has 1 N–H and O–H groups in total. The van der Waals surface area contributed by atoms with E-state index in [4.69, 9.17) is 5.26 Å². The maximum atomic E-state index is 8.71. The minimum Gasteiger partial charge on any atom is -0.313 e. The van der Waals surface area contributed by atoms with Gasteiger partial charge in [0.15, 0.2) is 0 Å². The summed E-state index contributed by atoms with van der Waals surface area (Å²) in [7, 11) is 0. The second-order valence-corrected chi connectivity index (χ2v) is 4.98. The molecule has 15 heavy (non-hydrogen) atoms. The Hall–Kier alpha value is -0.550. The highest BCUT2D eigenvalue weighted by atomic mass is 14.9. The zero-order chi connectivity index (χ0) is 11.1. The van der Waals surface area contributed by atoms with Crippen LogP contribution in [0.3, 0.4) is 0 Å². The van der Waals surface area contributed by atoms with Gasteiger partial charge in [-0.1, -0.05) is 25.7 Å². The lowest BCUT2D eigenvalue weighted by Crippen LogP contribution is -2.35. The summed E-state index contributed by atoms with van der Waals surface area (Å²) in [5.41, 5.74) is 0. The molecule has 1 fully saturated rings. The van der Waals surface area contributed by atoms with Crippen molar-refractivity contribution in [3.05, 3.63) is 0 Å². The van der Waals surface area contributed by atoms with Gasteiger partial charge in [0.05, 0.1) is 12.0 Å². The summed E-state index contributed by atoms with van der Waals surface area (Å²) in [6.07, 6.45) is 8.36. The predicted octanol–water partition coefficient (Wildman–Crippen LogP) is 3.09. The summed E-state index contributed by atoms with van der Waals surface area (Å²) in [5, 5.41) is 12.2. The topological polar surface area (TPSA) is 35.8 Å². The molecule has 1 aliphatic carbocycles. The Morgan fingerprint density at radius 2 is 1.80 bits per heavy atom. The van der Waals surface area contributed by atoms with Crippen LogP contribution in [0.25, 0.3) is 0 Å². The molecule has 0 bridgehead atoms. The van der Waals surface area contributed by atoms with E-state index in [1.807, 2.05) is 6.92 Å². The van der Waals surface area contributed by atoms with Crippen LogP contribution in [-0.2, 0) is 0 Å². The summed E-state index contributed by atoms with van der Waals surface area (Å²) < 4.78 is 0. The summed E-state index contributed by atoms with van der Waals surface area (Å²) >= 11 is 0. The molecule has 0 spiro atoms. The van der Waals surface area contributed by atoms with Gasteiger partial charge in [-0.3, -0.25) is 0 Å². The summed E-state index contributed by atoms with van der Waals surface area (Å²) in [6, 6.07) is 2.86. The lowest BCUT2D eigenvalue weighted by Gasteiger charge is -2.24. The highest BCUT2D eigenvalue weighted by molar-refractivity contribution is 4.83. The third-order valence-electron chi connectivity index (χ3n) is 3.57. The fourth-order valence-electron chi connectivity index (χ4n) is 2.39. The quantitative estimate of drug-likeness (QED) is 0.721. The number of nitriles is 1. The van der Waals surface area contributed by atoms with Crippen LogP contribution >= 0.6 is 0 Å². The Bertz CT molecular complexity index is 199. The summed E-state index contributed by atoms with van der Waals surface area (Å²) in [5.74, 6) is 0.969. The Balaban J connectivity index is 2.25. The van der Waals surface area contributed by atoms with Crippen molar-refractivity contribution < 1.29 is 0 Å². The molecule has 1 unspecified atom stereocenters. The number of rotatable bonds is 4. The third kappa shape index (κ3) is 4.66. The number of hydrogen-bond donors (Lipinski definition) is 1. The van der Waals surface area contributed by atoms with Gasteiger partial charge in [0.25, 0.3) is 0 Å². The molecule has 2 atom stereocenters. The first-order valence-electron chi connectivity index (χ1n) is 6.37. The molecule has 0 aliphatic heterocycles. The zero-order valence-electron chi connectivity index (χ0n) is 10.1. The smallest absolute Gasteiger partial charge is 0.0666 e. The van der Waals surface area contributed by atoms with E-state index >= 15 is 0 Å². The van der Waals surface area contributed by atoms with E-state index in [1.54, 1.807) is 0 Å². The molecule has 0 saturated heterocycles. The van der Waals surface area contributed by atoms with Crippen LogP contribution in [0.5, 0.6) is 0 Å². The summed E-state index contributed by atoms with van der Waals surface area (Å²) in [4.78, 5) is 0. The standard InChI is InChI=1S/C13H24N2/c1-11(9-14)10-15-12(2)13-7-5-3-4-6-8-13/h11-13,15H,3-8,10H2,1-2H3/t11?,12-/m1/s1. The van der Waals surface area contributed by atoms with Crippen molar-refractivity contribution >= 4 is 0 Å². The first-order chi connectivity index (χ1) is 7.24. The summed E-state index contributed by atoms with van der Waals surface area (Å²) in [6.45, 7) is 5.10. The maximum Gasteiger partial charge on any atom is 0.0666 e. The largest absolute Gasteiger partial charge is 0.313 e. The second-order valence-electron chi connectivity index (χ2n) is 4.98. The average Bonchev–Trinajstić information content (AvgIpc) is 2.53. The van der Waals surface area contributed by atoms with Gasteiger partial charge in [0.2, 0.25) is 0 Å². The first kappa shape index (κ1) is 12.5. The van der Waals surface area contributed by atoms with Crippen LogP contribution in [-0.4, -0.2) is 12.6 Å². The molecule has 0 aromatic carbocycles. The van der Waals surface area contributed by atoms with Gasteiger partial charge in [0.1, 0.15) is 0 Å². The number of nitrogens with zero attached hydrogens (tertiary/aromatic N) is 1. The van der Waals surface area contributed by atoms with Gasteiger partial charge < -0.3 is 5.32 Å². The molecule has 0 aromatic heterocycles. The molecule has 86 valence electrons. The second kappa shape index (κ2) is 6.85.